The quantitative estimate of drug-likeness (QED) is 0.141. The number of pyridine rings is 6. The first-order valence-corrected chi connectivity index (χ1v) is 46.4. The highest BCUT2D eigenvalue weighted by molar-refractivity contribution is 6.14. The molecule has 4 aliphatic carbocycles. The molecule has 19 aromatic carbocycles. The highest BCUT2D eigenvalue weighted by Gasteiger charge is 2.54. The van der Waals surface area contributed by atoms with E-state index in [9.17, 15) is 0 Å². The first-order valence-electron chi connectivity index (χ1n) is 46.4. The van der Waals surface area contributed by atoms with Gasteiger partial charge < -0.3 is 0 Å². The van der Waals surface area contributed by atoms with Gasteiger partial charge in [-0.2, -0.15) is 0 Å². The minimum absolute atomic E-state index is 0.417. The molecule has 0 atom stereocenters. The Morgan fingerprint density at radius 3 is 0.741 bits per heavy atom. The number of hydrogen-bond donors (Lipinski definition) is 0. The number of rotatable bonds is 8. The second kappa shape index (κ2) is 30.8. The van der Waals surface area contributed by atoms with Crippen molar-refractivity contribution < 1.29 is 0 Å². The lowest BCUT2D eigenvalue weighted by Crippen LogP contribution is -2.28. The third-order valence-electron chi connectivity index (χ3n) is 29.1. The van der Waals surface area contributed by atoms with Crippen LogP contribution in [0.3, 0.4) is 0 Å². The largest absolute Gasteiger partial charge is 0.254 e. The van der Waals surface area contributed by atoms with E-state index in [1.54, 1.807) is 0 Å². The van der Waals surface area contributed by atoms with Crippen LogP contribution >= 0.6 is 0 Å². The Bertz CT molecular complexity index is 8820. The van der Waals surface area contributed by atoms with Gasteiger partial charge in [0.05, 0.1) is 72.1 Å². The van der Waals surface area contributed by atoms with E-state index < -0.39 is 16.2 Å². The third-order valence-corrected chi connectivity index (χ3v) is 29.1. The maximum absolute atomic E-state index is 5.50. The fourth-order valence-corrected chi connectivity index (χ4v) is 23.7. The molecular formula is C129H80N6. The number of aromatic nitrogens is 6. The summed E-state index contributed by atoms with van der Waals surface area (Å²) in [6.45, 7) is 0. The van der Waals surface area contributed by atoms with Crippen LogP contribution in [0.4, 0.5) is 0 Å². The van der Waals surface area contributed by atoms with Crippen molar-refractivity contribution in [2.24, 2.45) is 0 Å². The number of nitrogens with zero attached hydrogens (tertiary/aromatic N) is 6. The fraction of sp³-hybridized carbons (Fsp3) is 0.0233. The second-order valence-electron chi connectivity index (χ2n) is 35.9. The van der Waals surface area contributed by atoms with Crippen LogP contribution in [-0.2, 0) is 16.2 Å². The molecule has 6 nitrogen and oxygen atoms in total. The smallest absolute Gasteiger partial charge is 0.0972 e. The van der Waals surface area contributed by atoms with Gasteiger partial charge in [-0.25, -0.2) is 19.9 Å². The second-order valence-corrected chi connectivity index (χ2v) is 35.9. The molecule has 6 aromatic heterocycles. The molecule has 0 aliphatic heterocycles. The van der Waals surface area contributed by atoms with Gasteiger partial charge in [0.1, 0.15) is 0 Å². The molecule has 0 unspecified atom stereocenters. The Balaban J connectivity index is 0.000000103. The summed E-state index contributed by atoms with van der Waals surface area (Å²) in [5.74, 6) is 0. The molecule has 0 saturated heterocycles. The summed E-state index contributed by atoms with van der Waals surface area (Å²) in [7, 11) is 0. The van der Waals surface area contributed by atoms with Crippen LogP contribution in [0.15, 0.2) is 486 Å². The Morgan fingerprint density at radius 1 is 0.156 bits per heavy atom. The summed E-state index contributed by atoms with van der Waals surface area (Å²) < 4.78 is 0. The van der Waals surface area contributed by atoms with Crippen LogP contribution in [0.2, 0.25) is 0 Å². The van der Waals surface area contributed by atoms with Crippen molar-refractivity contribution in [1.29, 1.82) is 0 Å². The zero-order valence-electron chi connectivity index (χ0n) is 73.4. The molecule has 29 rings (SSSR count). The zero-order valence-corrected chi connectivity index (χ0v) is 73.4. The summed E-state index contributed by atoms with van der Waals surface area (Å²) in [6, 6.07) is 171. The van der Waals surface area contributed by atoms with Crippen LogP contribution in [0, 0.1) is 0 Å². The summed E-state index contributed by atoms with van der Waals surface area (Å²) >= 11 is 0. The van der Waals surface area contributed by atoms with Crippen molar-refractivity contribution >= 4 is 97.7 Å². The highest BCUT2D eigenvalue weighted by atomic mass is 14.8. The van der Waals surface area contributed by atoms with Gasteiger partial charge in [0.15, 0.2) is 0 Å². The molecule has 0 amide bonds. The molecule has 0 N–H and O–H groups in total. The lowest BCUT2D eigenvalue weighted by Gasteiger charge is -2.34. The Morgan fingerprint density at radius 2 is 0.393 bits per heavy atom. The molecule has 1 spiro atoms. The van der Waals surface area contributed by atoms with Crippen LogP contribution in [0.1, 0.15) is 66.8 Å². The fourth-order valence-electron chi connectivity index (χ4n) is 23.7. The van der Waals surface area contributed by atoms with Crippen LogP contribution in [0.5, 0.6) is 0 Å². The van der Waals surface area contributed by atoms with Gasteiger partial charge >= 0.3 is 0 Å². The minimum Gasteiger partial charge on any atom is -0.254 e. The van der Waals surface area contributed by atoms with E-state index in [1.165, 1.54) is 144 Å². The zero-order chi connectivity index (χ0) is 88.9. The predicted molar refractivity (Wildman–Crippen MR) is 556 cm³/mol. The van der Waals surface area contributed by atoms with E-state index >= 15 is 0 Å². The van der Waals surface area contributed by atoms with Gasteiger partial charge in [-0.1, -0.05) is 419 Å². The average Bonchev–Trinajstić information content (AvgIpc) is 1.51. The van der Waals surface area contributed by atoms with Crippen LogP contribution < -0.4 is 0 Å². The molecule has 135 heavy (non-hydrogen) atoms. The molecule has 626 valence electrons. The Hall–Kier alpha value is -17.6. The Kier molecular flexibility index (Phi) is 17.6. The highest BCUT2D eigenvalue weighted by Crippen LogP contribution is 2.67. The van der Waals surface area contributed by atoms with E-state index in [-0.39, 0.29) is 0 Å². The van der Waals surface area contributed by atoms with E-state index in [2.05, 4.69) is 455 Å². The van der Waals surface area contributed by atoms with Gasteiger partial charge in [-0.05, 0) is 198 Å². The maximum atomic E-state index is 5.50. The monoisotopic (exact) mass is 1710 g/mol. The van der Waals surface area contributed by atoms with Crippen molar-refractivity contribution in [3.63, 3.8) is 0 Å². The molecule has 25 aromatic rings. The molecule has 0 bridgehead atoms. The molecular weight excluding hydrogens is 1630 g/mol. The summed E-state index contributed by atoms with van der Waals surface area (Å²) in [5.41, 5.74) is 38.3. The summed E-state index contributed by atoms with van der Waals surface area (Å²) in [6.07, 6.45) is 3.72. The molecule has 0 fully saturated rings. The topological polar surface area (TPSA) is 77.3 Å². The standard InChI is InChI=1S/C47H30N2.C41H24N2.C41H26N2/c1-4-14-31(15-5-1)41-28-26-32-24-25-33-27-29-42(49-46(33)45(32)48-41)39-30-34-16-10-11-21-37(34)44-43(39)38-22-12-13-23-40(38)47(44,35-17-6-2-7-18-35)36-19-8-3-9-20-36;1-2-12-28-27(10-1)24-32(36-22-21-26-20-19-25-11-9-23-42-39(25)40(26)43-36)37-31-15-5-8-18-35(31)41(38(28)37)33-16-6-3-13-29(33)30-14-4-7-17-34(30)41;1-3-14-30(15-4-1)41(31-16-5-2-6-17-31)35-20-10-9-19-33(35)37-34(26-29-12-7-8-18-32(29)38(37)41)36-24-23-28-22-21-27-13-11-25-42-39(27)40(28)43-36/h1-30H;1-24H;1-26H. The van der Waals surface area contributed by atoms with Gasteiger partial charge in [-0.3, -0.25) is 9.97 Å². The first kappa shape index (κ1) is 77.4. The van der Waals surface area contributed by atoms with Gasteiger partial charge in [0.25, 0.3) is 0 Å². The maximum Gasteiger partial charge on any atom is 0.0972 e. The van der Waals surface area contributed by atoms with Crippen molar-refractivity contribution in [2.45, 2.75) is 16.2 Å². The SMILES string of the molecule is c1ccc(-c2ccc3ccc4ccc(-c5cc6ccccc6c6c5-c5ccccc5C6(c5ccccc5)c5ccccc5)nc4c3n2)cc1.c1ccc(C2(c3ccccc3)c3ccccc3-c3c(-c4ccc5ccc6cccnc6c5n4)cc4ccccc4c32)cc1.c1ccc2c(c1)-c1ccccc1C21c2ccccc2-c2c(-c3ccc4ccc5cccnc5c4n3)cc3ccccc3c21. The van der Waals surface area contributed by atoms with E-state index in [0.717, 1.165) is 110 Å². The lowest BCUT2D eigenvalue weighted by atomic mass is 9.66. The van der Waals surface area contributed by atoms with Crippen molar-refractivity contribution in [1.82, 2.24) is 29.9 Å². The van der Waals surface area contributed by atoms with Crippen LogP contribution in [-0.4, -0.2) is 29.9 Å². The van der Waals surface area contributed by atoms with Crippen molar-refractivity contribution in [3.8, 4) is 89.5 Å². The van der Waals surface area contributed by atoms with Gasteiger partial charge in [-0.15, -0.1) is 0 Å². The van der Waals surface area contributed by atoms with E-state index in [4.69, 9.17) is 29.9 Å². The molecule has 0 saturated carbocycles. The molecule has 0 radical (unpaired) electrons. The van der Waals surface area contributed by atoms with E-state index in [0.29, 0.717) is 0 Å². The summed E-state index contributed by atoms with van der Waals surface area (Å²) in [5, 5.41) is 14.0. The molecule has 6 heteroatoms. The van der Waals surface area contributed by atoms with Crippen molar-refractivity contribution in [2.75, 3.05) is 0 Å². The van der Waals surface area contributed by atoms with Crippen molar-refractivity contribution in [3.05, 3.63) is 552 Å². The number of benzene rings is 19. The molecule has 6 heterocycles. The van der Waals surface area contributed by atoms with E-state index in [1.807, 2.05) is 30.6 Å². The van der Waals surface area contributed by atoms with Gasteiger partial charge in [0.2, 0.25) is 0 Å². The first-order chi connectivity index (χ1) is 67.0. The minimum atomic E-state index is -0.514. The average molecular weight is 1710 g/mol. The Labute approximate surface area is 780 Å². The third kappa shape index (κ3) is 11.5. The lowest BCUT2D eigenvalue weighted by molar-refractivity contribution is 0.775. The molecule has 4 aliphatic rings. The number of hydrogen-bond acceptors (Lipinski definition) is 6. The number of fused-ring (bicyclic) bond motifs is 31. The predicted octanol–water partition coefficient (Wildman–Crippen LogP) is 31.5. The summed E-state index contributed by atoms with van der Waals surface area (Å²) in [4.78, 5) is 30.9. The normalized spacial score (nSPS) is 13.4. The van der Waals surface area contributed by atoms with Crippen LogP contribution in [0.25, 0.3) is 187 Å². The van der Waals surface area contributed by atoms with Gasteiger partial charge in [0, 0.05) is 67.0 Å².